The molecule has 1 amide bonds. The first kappa shape index (κ1) is 20.6. The summed E-state index contributed by atoms with van der Waals surface area (Å²) in [6.07, 6.45) is 0.249. The van der Waals surface area contributed by atoms with E-state index in [-0.39, 0.29) is 18.2 Å². The zero-order valence-electron chi connectivity index (χ0n) is 18.4. The van der Waals surface area contributed by atoms with Crippen molar-refractivity contribution in [3.05, 3.63) is 46.4 Å². The second-order valence-corrected chi connectivity index (χ2v) is 7.44. The van der Waals surface area contributed by atoms with Gasteiger partial charge in [0.1, 0.15) is 5.82 Å². The third-order valence-electron chi connectivity index (χ3n) is 5.37. The first-order valence-electron chi connectivity index (χ1n) is 9.88. The predicted molar refractivity (Wildman–Crippen MR) is 115 cm³/mol. The SMILES string of the molecule is COc1ccc([C@H]2CC(=O)Nc3c2c(C)nn3-c2nc(C)cc(C)n2)c(OC)c1OC. The lowest BCUT2D eigenvalue weighted by molar-refractivity contribution is -0.116. The molecule has 1 aliphatic heterocycles. The number of amides is 1. The highest BCUT2D eigenvalue weighted by atomic mass is 16.5. The van der Waals surface area contributed by atoms with Crippen LogP contribution >= 0.6 is 0 Å². The molecule has 0 fully saturated rings. The van der Waals surface area contributed by atoms with Gasteiger partial charge in [-0.25, -0.2) is 9.97 Å². The molecule has 1 aliphatic rings. The molecule has 2 aromatic heterocycles. The number of hydrogen-bond acceptors (Lipinski definition) is 7. The van der Waals surface area contributed by atoms with Gasteiger partial charge >= 0.3 is 0 Å². The number of anilines is 1. The maximum Gasteiger partial charge on any atom is 0.252 e. The van der Waals surface area contributed by atoms with E-state index in [1.165, 1.54) is 0 Å². The summed E-state index contributed by atoms with van der Waals surface area (Å²) in [7, 11) is 4.70. The Labute approximate surface area is 180 Å². The molecule has 9 heteroatoms. The molecule has 3 heterocycles. The maximum absolute atomic E-state index is 12.7. The minimum Gasteiger partial charge on any atom is -0.493 e. The molecule has 0 aliphatic carbocycles. The quantitative estimate of drug-likeness (QED) is 0.673. The van der Waals surface area contributed by atoms with Crippen LogP contribution in [0.15, 0.2) is 18.2 Å². The average molecular weight is 423 g/mol. The fourth-order valence-corrected chi connectivity index (χ4v) is 4.16. The second kappa shape index (κ2) is 7.90. The number of ether oxygens (including phenoxy) is 3. The van der Waals surface area contributed by atoms with Crippen LogP contribution in [-0.4, -0.2) is 47.0 Å². The van der Waals surface area contributed by atoms with Crippen molar-refractivity contribution in [3.8, 4) is 23.2 Å². The molecule has 3 aromatic rings. The second-order valence-electron chi connectivity index (χ2n) is 7.44. The highest BCUT2D eigenvalue weighted by molar-refractivity contribution is 5.95. The van der Waals surface area contributed by atoms with Crippen LogP contribution in [0.1, 0.15) is 40.5 Å². The van der Waals surface area contributed by atoms with Crippen LogP contribution in [0, 0.1) is 20.8 Å². The Morgan fingerprint density at radius 2 is 1.68 bits per heavy atom. The Morgan fingerprint density at radius 3 is 2.29 bits per heavy atom. The number of nitrogens with zero attached hydrogens (tertiary/aromatic N) is 4. The Bertz CT molecular complexity index is 1150. The minimum absolute atomic E-state index is 0.125. The van der Waals surface area contributed by atoms with E-state index in [1.54, 1.807) is 26.0 Å². The molecule has 0 saturated heterocycles. The minimum atomic E-state index is -0.279. The first-order valence-corrected chi connectivity index (χ1v) is 9.88. The fraction of sp³-hybridized carbons (Fsp3) is 0.364. The highest BCUT2D eigenvalue weighted by Crippen LogP contribution is 2.48. The fourth-order valence-electron chi connectivity index (χ4n) is 4.16. The summed E-state index contributed by atoms with van der Waals surface area (Å²) in [6, 6.07) is 5.61. The van der Waals surface area contributed by atoms with Crippen LogP contribution < -0.4 is 19.5 Å². The van der Waals surface area contributed by atoms with E-state index >= 15 is 0 Å². The van der Waals surface area contributed by atoms with E-state index < -0.39 is 0 Å². The molecule has 1 aromatic carbocycles. The third-order valence-corrected chi connectivity index (χ3v) is 5.37. The van der Waals surface area contributed by atoms with Gasteiger partial charge < -0.3 is 19.5 Å². The number of hydrogen-bond donors (Lipinski definition) is 1. The van der Waals surface area contributed by atoms with Crippen molar-refractivity contribution < 1.29 is 19.0 Å². The molecule has 1 atom stereocenters. The van der Waals surface area contributed by atoms with Crippen molar-refractivity contribution in [2.75, 3.05) is 26.6 Å². The summed E-state index contributed by atoms with van der Waals surface area (Å²) in [4.78, 5) is 21.7. The molecular formula is C22H25N5O4. The highest BCUT2D eigenvalue weighted by Gasteiger charge is 2.36. The van der Waals surface area contributed by atoms with Crippen molar-refractivity contribution >= 4 is 11.7 Å². The molecule has 0 radical (unpaired) electrons. The van der Waals surface area contributed by atoms with E-state index in [1.807, 2.05) is 39.0 Å². The molecule has 0 saturated carbocycles. The van der Waals surface area contributed by atoms with Gasteiger partial charge in [0.15, 0.2) is 11.5 Å². The van der Waals surface area contributed by atoms with Gasteiger partial charge in [-0.1, -0.05) is 6.07 Å². The lowest BCUT2D eigenvalue weighted by Crippen LogP contribution is -2.25. The molecular weight excluding hydrogens is 398 g/mol. The van der Waals surface area contributed by atoms with Gasteiger partial charge in [-0.05, 0) is 32.9 Å². The number of aryl methyl sites for hydroxylation is 3. The molecule has 1 N–H and O–H groups in total. The lowest BCUT2D eigenvalue weighted by atomic mass is 9.85. The molecule has 9 nitrogen and oxygen atoms in total. The molecule has 0 unspecified atom stereocenters. The Hall–Kier alpha value is -3.62. The number of aromatic nitrogens is 4. The zero-order chi connectivity index (χ0) is 22.3. The van der Waals surface area contributed by atoms with Crippen LogP contribution in [0.4, 0.5) is 5.82 Å². The standard InChI is InChI=1S/C22H25N5O4/c1-11-9-12(2)24-22(23-11)27-21-18(13(3)26-27)15(10-17(28)25-21)14-7-8-16(29-4)20(31-6)19(14)30-5/h7-9,15H,10H2,1-6H3,(H,25,28)/t15-/m1/s1. The van der Waals surface area contributed by atoms with E-state index in [4.69, 9.17) is 14.2 Å². The Balaban J connectivity index is 1.92. The summed E-state index contributed by atoms with van der Waals surface area (Å²) in [5, 5.41) is 7.63. The molecule has 162 valence electrons. The third kappa shape index (κ3) is 3.45. The number of fused-ring (bicyclic) bond motifs is 1. The van der Waals surface area contributed by atoms with Crippen molar-refractivity contribution in [1.29, 1.82) is 0 Å². The molecule has 0 spiro atoms. The summed E-state index contributed by atoms with van der Waals surface area (Å²) < 4.78 is 18.2. The van der Waals surface area contributed by atoms with Crippen LogP contribution in [0.2, 0.25) is 0 Å². The van der Waals surface area contributed by atoms with Crippen molar-refractivity contribution in [3.63, 3.8) is 0 Å². The monoisotopic (exact) mass is 423 g/mol. The predicted octanol–water partition coefficient (Wildman–Crippen LogP) is 3.09. The van der Waals surface area contributed by atoms with E-state index in [9.17, 15) is 4.79 Å². The summed E-state index contributed by atoms with van der Waals surface area (Å²) in [6.45, 7) is 5.71. The molecule has 0 bridgehead atoms. The first-order chi connectivity index (χ1) is 14.9. The largest absolute Gasteiger partial charge is 0.493 e. The van der Waals surface area contributed by atoms with Gasteiger partial charge in [-0.3, -0.25) is 4.79 Å². The van der Waals surface area contributed by atoms with E-state index in [2.05, 4.69) is 20.4 Å². The van der Waals surface area contributed by atoms with Crippen LogP contribution in [-0.2, 0) is 4.79 Å². The lowest BCUT2D eigenvalue weighted by Gasteiger charge is -2.26. The molecule has 4 rings (SSSR count). The van der Waals surface area contributed by atoms with Gasteiger partial charge in [-0.2, -0.15) is 9.78 Å². The van der Waals surface area contributed by atoms with Gasteiger partial charge in [0.25, 0.3) is 5.95 Å². The van der Waals surface area contributed by atoms with Crippen molar-refractivity contribution in [1.82, 2.24) is 19.7 Å². The van der Waals surface area contributed by atoms with E-state index in [0.717, 1.165) is 28.2 Å². The van der Waals surface area contributed by atoms with Crippen molar-refractivity contribution in [2.24, 2.45) is 0 Å². The number of nitrogens with one attached hydrogen (secondary N) is 1. The number of rotatable bonds is 5. The maximum atomic E-state index is 12.7. The van der Waals surface area contributed by atoms with Crippen LogP contribution in [0.5, 0.6) is 17.2 Å². The van der Waals surface area contributed by atoms with Crippen LogP contribution in [0.3, 0.4) is 0 Å². The summed E-state index contributed by atoms with van der Waals surface area (Å²) in [5.41, 5.74) is 4.14. The van der Waals surface area contributed by atoms with Gasteiger partial charge in [0.2, 0.25) is 11.7 Å². The normalized spacial score (nSPS) is 15.3. The van der Waals surface area contributed by atoms with Crippen LogP contribution in [0.25, 0.3) is 5.95 Å². The summed E-state index contributed by atoms with van der Waals surface area (Å²) in [5.74, 6) is 2.15. The average Bonchev–Trinajstić information content (AvgIpc) is 3.07. The number of carbonyl (C=O) groups is 1. The Morgan fingerprint density at radius 1 is 1.00 bits per heavy atom. The molecule has 31 heavy (non-hydrogen) atoms. The topological polar surface area (TPSA) is 100 Å². The van der Waals surface area contributed by atoms with Gasteiger partial charge in [0.05, 0.1) is 27.0 Å². The number of methoxy groups -OCH3 is 3. The summed E-state index contributed by atoms with van der Waals surface area (Å²) >= 11 is 0. The number of carbonyl (C=O) groups excluding carboxylic acids is 1. The van der Waals surface area contributed by atoms with Gasteiger partial charge in [-0.15, -0.1) is 0 Å². The smallest absolute Gasteiger partial charge is 0.252 e. The Kier molecular flexibility index (Phi) is 5.26. The number of benzene rings is 1. The zero-order valence-corrected chi connectivity index (χ0v) is 18.4. The van der Waals surface area contributed by atoms with E-state index in [0.29, 0.717) is 29.0 Å². The van der Waals surface area contributed by atoms with Gasteiger partial charge in [0, 0.05) is 34.9 Å². The van der Waals surface area contributed by atoms with Crippen molar-refractivity contribution in [2.45, 2.75) is 33.1 Å².